The van der Waals surface area contributed by atoms with Crippen LogP contribution >= 0.6 is 0 Å². The fraction of sp³-hybridized carbons (Fsp3) is 0.586. The number of aryl methyl sites for hydroxylation is 1. The van der Waals surface area contributed by atoms with Crippen LogP contribution in [0.4, 0.5) is 0 Å². The van der Waals surface area contributed by atoms with Crippen LogP contribution in [0.15, 0.2) is 265 Å². The van der Waals surface area contributed by atoms with Gasteiger partial charge in [0, 0.05) is 52.5 Å². The van der Waals surface area contributed by atoms with Crippen molar-refractivity contribution in [2.24, 2.45) is 101 Å². The molecule has 3 saturated carbocycles. The molecule has 7 aliphatic rings. The number of nitrogens with zero attached hydrogens (tertiary/aromatic N) is 1. The van der Waals surface area contributed by atoms with E-state index in [-0.39, 0.29) is 5.91 Å². The molecule has 5 aromatic rings. The van der Waals surface area contributed by atoms with Crippen molar-refractivity contribution in [3.05, 3.63) is 294 Å². The van der Waals surface area contributed by atoms with Gasteiger partial charge in [-0.1, -0.05) is 476 Å². The van der Waals surface area contributed by atoms with E-state index in [0.717, 1.165) is 86.8 Å². The summed E-state index contributed by atoms with van der Waals surface area (Å²) in [6.45, 7) is 65.8. The lowest BCUT2D eigenvalue weighted by atomic mass is 9.86. The Bertz CT molecular complexity index is 3950. The van der Waals surface area contributed by atoms with Gasteiger partial charge in [-0.05, 0) is 277 Å². The molecule has 4 aliphatic carbocycles. The number of methoxy groups -OCH3 is 1. The lowest BCUT2D eigenvalue weighted by Crippen LogP contribution is -2.36. The molecular weight excluding hydrogens is 1690 g/mol. The van der Waals surface area contributed by atoms with Crippen LogP contribution in [0.1, 0.15) is 381 Å². The average Bonchev–Trinajstić information content (AvgIpc) is 1.06. The van der Waals surface area contributed by atoms with Gasteiger partial charge in [0.2, 0.25) is 5.91 Å². The SMILES string of the molecule is C/C(=C\C(C)C)c1ccccc1.C/C(=C\c1ccccc1)C(C)C.CC(=O)N1CCC(/C=C/C(C)C)CC1.CC(C)/C=C/C1=CCCCC1.CC(C)/C=C/C1CCCCC1.CC(C)/C=C/C1CCCCC1.CC(C)/C=C/C1CCCCO1.CC(C)/C=C/C1CCOCC1.CC(C)/C=C/c1ccccc1.CC(C)/C=C/c1ccoc1.COC1CCC(/C=C/C(C)C)CC1.Cc1ccc(/C=C/C(C)C)cc1. The maximum atomic E-state index is 11.1. The van der Waals surface area contributed by atoms with E-state index in [1.54, 1.807) is 25.0 Å². The third-order valence-corrected chi connectivity index (χ3v) is 24.7. The Hall–Kier alpha value is -7.87. The average molecular weight is 1900 g/mol. The first-order valence-electron chi connectivity index (χ1n) is 55.5. The van der Waals surface area contributed by atoms with Gasteiger partial charge in [0.05, 0.1) is 24.7 Å². The number of hydrogen-bond donors (Lipinski definition) is 0. The molecule has 3 aliphatic heterocycles. The predicted octanol–water partition coefficient (Wildman–Crippen LogP) is 40.0. The molecule has 6 nitrogen and oxygen atoms in total. The van der Waals surface area contributed by atoms with Gasteiger partial charge in [0.25, 0.3) is 0 Å². The van der Waals surface area contributed by atoms with E-state index in [1.807, 2.05) is 36.3 Å². The fourth-order valence-corrected chi connectivity index (χ4v) is 15.8. The first-order chi connectivity index (χ1) is 66.4. The monoisotopic (exact) mass is 1900 g/mol. The quantitative estimate of drug-likeness (QED) is 0.0545. The van der Waals surface area contributed by atoms with Crippen LogP contribution in [0.25, 0.3) is 29.9 Å². The Balaban J connectivity index is 0.000000759. The third kappa shape index (κ3) is 78.3. The fourth-order valence-electron chi connectivity index (χ4n) is 15.8. The summed E-state index contributed by atoms with van der Waals surface area (Å²) in [7, 11) is 1.83. The zero-order chi connectivity index (χ0) is 103. The second kappa shape index (κ2) is 83.6. The van der Waals surface area contributed by atoms with Gasteiger partial charge < -0.3 is 23.5 Å². The minimum atomic E-state index is 0.219. The highest BCUT2D eigenvalue weighted by molar-refractivity contribution is 5.73. The number of hydrogen-bond acceptors (Lipinski definition) is 5. The topological polar surface area (TPSA) is 61.1 Å². The smallest absolute Gasteiger partial charge is 0.219 e. The molecule has 1 atom stereocenters. The van der Waals surface area contributed by atoms with Crippen LogP contribution in [-0.4, -0.2) is 63.0 Å². The molecule has 0 N–H and O–H groups in total. The summed E-state index contributed by atoms with van der Waals surface area (Å²) in [5.41, 5.74) is 12.0. The van der Waals surface area contributed by atoms with Crippen LogP contribution in [0, 0.1) is 108 Å². The zero-order valence-corrected chi connectivity index (χ0v) is 94.7. The van der Waals surface area contributed by atoms with E-state index < -0.39 is 0 Å². The Morgan fingerprint density at radius 1 is 0.360 bits per heavy atom. The number of carbonyl (C=O) groups excluding carboxylic acids is 1. The largest absolute Gasteiger partial charge is 0.472 e. The minimum absolute atomic E-state index is 0.219. The summed E-state index contributed by atoms with van der Waals surface area (Å²) in [5.74, 6) is 12.3. The van der Waals surface area contributed by atoms with E-state index in [0.29, 0.717) is 77.3 Å². The maximum Gasteiger partial charge on any atom is 0.219 e. The highest BCUT2D eigenvalue weighted by Crippen LogP contribution is 2.30. The zero-order valence-electron chi connectivity index (χ0n) is 94.7. The highest BCUT2D eigenvalue weighted by atomic mass is 16.5. The van der Waals surface area contributed by atoms with Crippen molar-refractivity contribution in [2.45, 2.75) is 367 Å². The maximum absolute atomic E-state index is 11.1. The Labute approximate surface area is 859 Å². The van der Waals surface area contributed by atoms with E-state index in [2.05, 4.69) is 424 Å². The van der Waals surface area contributed by atoms with Crippen LogP contribution in [0.3, 0.4) is 0 Å². The number of ether oxygens (including phenoxy) is 3. The van der Waals surface area contributed by atoms with E-state index in [1.165, 1.54) is 187 Å². The second-order valence-corrected chi connectivity index (χ2v) is 43.8. The first kappa shape index (κ1) is 129. The van der Waals surface area contributed by atoms with Crippen LogP contribution in [0.2, 0.25) is 0 Å². The van der Waals surface area contributed by atoms with Gasteiger partial charge in [-0.3, -0.25) is 4.79 Å². The van der Waals surface area contributed by atoms with Crippen LogP contribution in [0.5, 0.6) is 0 Å². The number of likely N-dealkylation sites (tertiary alicyclic amines) is 1. The van der Waals surface area contributed by atoms with Gasteiger partial charge >= 0.3 is 0 Å². The standard InChI is InChI=1S/C12H21NO.C12H22O.3C12H16.2C11H20.C11H18.C11H14.2C10H18O.C9H12O/c1-10(2)4-5-12-6-8-13(9-7-12)11(3)14;1-10(2)4-5-11-6-8-12(13-3)9-7-11;1-10(2)4-7-12-8-5-11(3)6-9-12;1-10(2)11(3)9-12-7-5-4-6-8-12;1-10(2)9-11(3)12-7-5-4-6-8-12;4*1-10(2)8-9-11-6-4-3-5-7-11;1-9(2)3-4-10-5-7-11-8-6-10;1-9(2)6-7-10-5-3-4-8-11-10;1-8(2)3-4-9-5-6-10-7-9/h4-5,10,12H,6-9H2,1-3H3;4-5,10-12H,6-9H2,1-3H3;3*4-10H,1-3H3;2*8-11H,3-7H2,1-2H3;6,8-10H,3-5,7H2,1-2H3;3-10H,1-2H3;3-4,9-10H,5-8H2,1-2H3;6-7,9-10H,3-5,8H2,1-2H3;3-8H,1-2H3/b2*5-4+;7-4+;2*11-9+;4*9-8+;4-3+;7-6+;4-3+. The number of furan rings is 1. The Kier molecular flexibility index (Phi) is 77.6. The number of benzene rings is 4. The summed E-state index contributed by atoms with van der Waals surface area (Å²) in [4.78, 5) is 13.0. The van der Waals surface area contributed by atoms with Crippen molar-refractivity contribution in [1.82, 2.24) is 4.90 Å². The highest BCUT2D eigenvalue weighted by Gasteiger charge is 2.21. The third-order valence-electron chi connectivity index (χ3n) is 24.7. The summed E-state index contributed by atoms with van der Waals surface area (Å²) in [6, 6.07) is 41.8. The molecule has 0 bridgehead atoms. The van der Waals surface area contributed by atoms with Crippen molar-refractivity contribution in [3.8, 4) is 0 Å². The van der Waals surface area contributed by atoms with Gasteiger partial charge in [-0.25, -0.2) is 0 Å². The molecule has 1 unspecified atom stereocenters. The van der Waals surface area contributed by atoms with E-state index >= 15 is 0 Å². The van der Waals surface area contributed by atoms with Gasteiger partial charge in [0.1, 0.15) is 0 Å². The molecule has 6 heteroatoms. The minimum Gasteiger partial charge on any atom is -0.472 e. The summed E-state index contributed by atoms with van der Waals surface area (Å²) in [5, 5.41) is 0. The molecule has 4 heterocycles. The first-order valence-corrected chi connectivity index (χ1v) is 55.5. The van der Waals surface area contributed by atoms with Gasteiger partial charge in [0.15, 0.2) is 0 Å². The molecular formula is C133H211NO5. The normalized spacial score (nSPS) is 18.4. The van der Waals surface area contributed by atoms with E-state index in [4.69, 9.17) is 18.6 Å². The van der Waals surface area contributed by atoms with Gasteiger partial charge in [-0.15, -0.1) is 0 Å². The van der Waals surface area contributed by atoms with Crippen molar-refractivity contribution < 1.29 is 23.4 Å². The molecule has 1 aromatic heterocycles. The van der Waals surface area contributed by atoms with Crippen LogP contribution in [-0.2, 0) is 19.0 Å². The van der Waals surface area contributed by atoms with Gasteiger partial charge in [-0.2, -0.15) is 0 Å². The molecule has 0 spiro atoms. The second-order valence-electron chi connectivity index (χ2n) is 43.8. The number of rotatable bonds is 25. The molecule has 3 saturated heterocycles. The summed E-state index contributed by atoms with van der Waals surface area (Å²) >= 11 is 0. The number of allylic oxidation sites excluding steroid dienone is 21. The molecule has 12 rings (SSSR count). The molecule has 1 amide bonds. The lowest BCUT2D eigenvalue weighted by Gasteiger charge is -2.29. The van der Waals surface area contributed by atoms with E-state index in [9.17, 15) is 4.79 Å². The molecule has 6 fully saturated rings. The van der Waals surface area contributed by atoms with Crippen LogP contribution < -0.4 is 0 Å². The number of piperidine rings is 1. The summed E-state index contributed by atoms with van der Waals surface area (Å²) < 4.78 is 21.1. The predicted molar refractivity (Wildman–Crippen MR) is 620 cm³/mol. The Morgan fingerprint density at radius 3 is 1.13 bits per heavy atom. The summed E-state index contributed by atoms with van der Waals surface area (Å²) in [6.07, 6.45) is 90.2. The molecule has 139 heavy (non-hydrogen) atoms. The molecule has 4 aromatic carbocycles. The van der Waals surface area contributed by atoms with Crippen molar-refractivity contribution >= 4 is 35.8 Å². The number of carbonyl (C=O) groups is 1. The van der Waals surface area contributed by atoms with Crippen molar-refractivity contribution in [2.75, 3.05) is 40.0 Å². The molecule has 778 valence electrons. The number of amides is 1. The van der Waals surface area contributed by atoms with Crippen molar-refractivity contribution in [3.63, 3.8) is 0 Å². The Morgan fingerprint density at radius 2 is 0.748 bits per heavy atom. The molecule has 0 radical (unpaired) electrons. The van der Waals surface area contributed by atoms with Crippen molar-refractivity contribution in [1.29, 1.82) is 0 Å². The lowest BCUT2D eigenvalue weighted by molar-refractivity contribution is -0.130.